The molecule has 0 aliphatic carbocycles. The molecule has 0 bridgehead atoms. The number of hydrogen-bond donors (Lipinski definition) is 1. The maximum atomic E-state index is 4.06. The summed E-state index contributed by atoms with van der Waals surface area (Å²) in [5, 5.41) is 7.34. The first-order valence-electron chi connectivity index (χ1n) is 3.51. The van der Waals surface area contributed by atoms with Gasteiger partial charge in [0, 0.05) is 6.54 Å². The molecule has 1 aromatic rings. The number of nitrogens with one attached hydrogen (secondary N) is 1. The molecule has 1 aliphatic heterocycles. The van der Waals surface area contributed by atoms with Gasteiger partial charge in [0.1, 0.15) is 12.7 Å². The van der Waals surface area contributed by atoms with E-state index in [9.17, 15) is 0 Å². The number of nitrogens with zero attached hydrogens (tertiary/aromatic N) is 3. The zero-order chi connectivity index (χ0) is 6.81. The maximum absolute atomic E-state index is 4.06. The summed E-state index contributed by atoms with van der Waals surface area (Å²) in [4.78, 5) is 3.89. The van der Waals surface area contributed by atoms with Crippen LogP contribution in [0, 0.1) is 0 Å². The Labute approximate surface area is 83.6 Å². The highest BCUT2D eigenvalue weighted by Crippen LogP contribution is 2.11. The molecule has 1 saturated heterocycles. The Morgan fingerprint density at radius 1 is 1.42 bits per heavy atom. The van der Waals surface area contributed by atoms with Gasteiger partial charge < -0.3 is 5.32 Å². The topological polar surface area (TPSA) is 42.7 Å². The third-order valence-electron chi connectivity index (χ3n) is 1.85. The number of hydrogen-bond acceptors (Lipinski definition) is 3. The van der Waals surface area contributed by atoms with Crippen LogP contribution >= 0.6 is 24.8 Å². The van der Waals surface area contributed by atoms with Crippen molar-refractivity contribution in [3.63, 3.8) is 0 Å². The fourth-order valence-corrected chi connectivity index (χ4v) is 1.27. The second-order valence-corrected chi connectivity index (χ2v) is 2.52. The van der Waals surface area contributed by atoms with Gasteiger partial charge in [-0.1, -0.05) is 0 Å². The first-order chi connectivity index (χ1) is 4.97. The molecule has 1 fully saturated rings. The second-order valence-electron chi connectivity index (χ2n) is 2.52. The normalized spacial score (nSPS) is 21.2. The number of halogens is 2. The van der Waals surface area contributed by atoms with Crippen molar-refractivity contribution in [1.82, 2.24) is 20.1 Å². The lowest BCUT2D eigenvalue weighted by Crippen LogP contribution is -2.13. The van der Waals surface area contributed by atoms with E-state index >= 15 is 0 Å². The van der Waals surface area contributed by atoms with Crippen LogP contribution in [-0.4, -0.2) is 27.9 Å². The van der Waals surface area contributed by atoms with Crippen LogP contribution in [0.5, 0.6) is 0 Å². The summed E-state index contributed by atoms with van der Waals surface area (Å²) in [7, 11) is 0. The van der Waals surface area contributed by atoms with Gasteiger partial charge >= 0.3 is 0 Å². The van der Waals surface area contributed by atoms with Gasteiger partial charge in [0.15, 0.2) is 0 Å². The van der Waals surface area contributed by atoms with Gasteiger partial charge in [-0.2, -0.15) is 5.10 Å². The van der Waals surface area contributed by atoms with Crippen LogP contribution in [-0.2, 0) is 0 Å². The highest BCUT2D eigenvalue weighted by Gasteiger charge is 2.15. The predicted octanol–water partition coefficient (Wildman–Crippen LogP) is 0.656. The van der Waals surface area contributed by atoms with E-state index in [1.165, 1.54) is 6.42 Å². The molecule has 6 heteroatoms. The smallest absolute Gasteiger partial charge is 0.137 e. The molecule has 12 heavy (non-hydrogen) atoms. The number of aromatic nitrogens is 3. The molecule has 0 amide bonds. The summed E-state index contributed by atoms with van der Waals surface area (Å²) in [5.41, 5.74) is 0. The SMILES string of the molecule is Cl.Cl.c1ncn([C@@H]2CCNC2)n1. The van der Waals surface area contributed by atoms with Crippen molar-refractivity contribution in [2.75, 3.05) is 13.1 Å². The molecular formula is C6H12Cl2N4. The zero-order valence-corrected chi connectivity index (χ0v) is 8.14. The zero-order valence-electron chi connectivity index (χ0n) is 6.51. The first kappa shape index (κ1) is 11.7. The molecular weight excluding hydrogens is 199 g/mol. The lowest BCUT2D eigenvalue weighted by Gasteiger charge is -2.05. The average molecular weight is 211 g/mol. The van der Waals surface area contributed by atoms with E-state index in [1.54, 1.807) is 12.7 Å². The van der Waals surface area contributed by atoms with Gasteiger partial charge in [0.2, 0.25) is 0 Å². The van der Waals surface area contributed by atoms with Crippen LogP contribution in [0.4, 0.5) is 0 Å². The van der Waals surface area contributed by atoms with E-state index < -0.39 is 0 Å². The van der Waals surface area contributed by atoms with E-state index in [0.29, 0.717) is 6.04 Å². The van der Waals surface area contributed by atoms with Crippen LogP contribution in [0.25, 0.3) is 0 Å². The second kappa shape index (κ2) is 5.35. The minimum Gasteiger partial charge on any atom is -0.315 e. The van der Waals surface area contributed by atoms with Crippen molar-refractivity contribution in [2.24, 2.45) is 0 Å². The quantitative estimate of drug-likeness (QED) is 0.741. The highest BCUT2D eigenvalue weighted by atomic mass is 35.5. The molecule has 0 aromatic carbocycles. The average Bonchev–Trinajstić information content (AvgIpc) is 2.59. The maximum Gasteiger partial charge on any atom is 0.137 e. The van der Waals surface area contributed by atoms with Crippen molar-refractivity contribution >= 4 is 24.8 Å². The Balaban J connectivity index is 0.000000605. The predicted molar refractivity (Wildman–Crippen MR) is 51.0 cm³/mol. The lowest BCUT2D eigenvalue weighted by atomic mass is 10.3. The third-order valence-corrected chi connectivity index (χ3v) is 1.85. The van der Waals surface area contributed by atoms with E-state index in [-0.39, 0.29) is 24.8 Å². The molecule has 0 unspecified atom stereocenters. The molecule has 0 saturated carbocycles. The lowest BCUT2D eigenvalue weighted by molar-refractivity contribution is 0.489. The van der Waals surface area contributed by atoms with Gasteiger partial charge in [0.05, 0.1) is 6.04 Å². The molecule has 2 rings (SSSR count). The van der Waals surface area contributed by atoms with Crippen molar-refractivity contribution in [1.29, 1.82) is 0 Å². The molecule has 70 valence electrons. The fraction of sp³-hybridized carbons (Fsp3) is 0.667. The molecule has 1 aliphatic rings. The van der Waals surface area contributed by atoms with Crippen LogP contribution in [0.3, 0.4) is 0 Å². The monoisotopic (exact) mass is 210 g/mol. The van der Waals surface area contributed by atoms with Gasteiger partial charge in [-0.05, 0) is 13.0 Å². The summed E-state index contributed by atoms with van der Waals surface area (Å²) in [6.45, 7) is 2.13. The van der Waals surface area contributed by atoms with Crippen LogP contribution in [0.1, 0.15) is 12.5 Å². The molecule has 0 radical (unpaired) electrons. The summed E-state index contributed by atoms with van der Waals surface area (Å²) in [6, 6.07) is 0.530. The minimum absolute atomic E-state index is 0. The van der Waals surface area contributed by atoms with Crippen molar-refractivity contribution in [3.05, 3.63) is 12.7 Å². The summed E-state index contributed by atoms with van der Waals surface area (Å²) < 4.78 is 1.92. The molecule has 4 nitrogen and oxygen atoms in total. The van der Waals surface area contributed by atoms with Gasteiger partial charge in [-0.25, -0.2) is 9.67 Å². The van der Waals surface area contributed by atoms with Crippen molar-refractivity contribution in [3.8, 4) is 0 Å². The van der Waals surface area contributed by atoms with E-state index in [2.05, 4.69) is 15.4 Å². The highest BCUT2D eigenvalue weighted by molar-refractivity contribution is 5.85. The minimum atomic E-state index is 0. The van der Waals surface area contributed by atoms with E-state index in [1.807, 2.05) is 4.68 Å². The molecule has 1 aromatic heterocycles. The van der Waals surface area contributed by atoms with Crippen LogP contribution in [0.2, 0.25) is 0 Å². The summed E-state index contributed by atoms with van der Waals surface area (Å²) >= 11 is 0. The Morgan fingerprint density at radius 3 is 2.75 bits per heavy atom. The Bertz CT molecular complexity index is 195. The van der Waals surface area contributed by atoms with Gasteiger partial charge in [0.25, 0.3) is 0 Å². The van der Waals surface area contributed by atoms with Crippen LogP contribution < -0.4 is 5.32 Å². The Hall–Kier alpha value is -0.320. The largest absolute Gasteiger partial charge is 0.315 e. The van der Waals surface area contributed by atoms with Crippen molar-refractivity contribution < 1.29 is 0 Å². The van der Waals surface area contributed by atoms with E-state index in [0.717, 1.165) is 13.1 Å². The Kier molecular flexibility index (Phi) is 5.20. The summed E-state index contributed by atoms with van der Waals surface area (Å²) in [6.07, 6.45) is 4.53. The molecule has 0 spiro atoms. The molecule has 1 N–H and O–H groups in total. The van der Waals surface area contributed by atoms with Crippen LogP contribution in [0.15, 0.2) is 12.7 Å². The third kappa shape index (κ3) is 2.33. The van der Waals surface area contributed by atoms with Gasteiger partial charge in [-0.3, -0.25) is 0 Å². The van der Waals surface area contributed by atoms with Crippen molar-refractivity contribution in [2.45, 2.75) is 12.5 Å². The standard InChI is InChI=1S/C6H10N4.2ClH/c1-2-7-3-6(1)10-5-8-4-9-10;;/h4-7H,1-3H2;2*1H/t6-;;/m1../s1. The Morgan fingerprint density at radius 2 is 2.25 bits per heavy atom. The number of rotatable bonds is 1. The molecule has 1 atom stereocenters. The van der Waals surface area contributed by atoms with Gasteiger partial charge in [-0.15, -0.1) is 24.8 Å². The molecule has 2 heterocycles. The first-order valence-corrected chi connectivity index (χ1v) is 3.51. The van der Waals surface area contributed by atoms with E-state index in [4.69, 9.17) is 0 Å². The summed E-state index contributed by atoms with van der Waals surface area (Å²) in [5.74, 6) is 0. The fourth-order valence-electron chi connectivity index (χ4n) is 1.27.